The minimum absolute atomic E-state index is 0.000317. The molecule has 0 unspecified atom stereocenters. The number of nitrogens with zero attached hydrogens (tertiary/aromatic N) is 5. The van der Waals surface area contributed by atoms with Crippen LogP contribution in [0.25, 0.3) is 11.2 Å². The largest absolute Gasteiger partial charge is 0.465 e. The van der Waals surface area contributed by atoms with Gasteiger partial charge in [-0.15, -0.1) is 0 Å². The molecule has 4 aromatic rings. The van der Waals surface area contributed by atoms with Crippen molar-refractivity contribution in [2.45, 2.75) is 19.5 Å². The van der Waals surface area contributed by atoms with Crippen LogP contribution in [0.4, 0.5) is 10.6 Å². The van der Waals surface area contributed by atoms with Gasteiger partial charge in [-0.2, -0.15) is 0 Å². The van der Waals surface area contributed by atoms with E-state index in [-0.39, 0.29) is 40.3 Å². The van der Waals surface area contributed by atoms with Gasteiger partial charge >= 0.3 is 6.09 Å². The number of aromatic nitrogens is 5. The molecule has 1 aromatic carbocycles. The first-order chi connectivity index (χ1) is 16.3. The fourth-order valence-corrected chi connectivity index (χ4v) is 3.56. The Hall–Kier alpha value is -4.45. The molecular weight excluding hydrogens is 464 g/mol. The monoisotopic (exact) mass is 482 g/mol. The number of halogens is 1. The average molecular weight is 483 g/mol. The first-order valence-corrected chi connectivity index (χ1v) is 10.4. The summed E-state index contributed by atoms with van der Waals surface area (Å²) in [4.78, 5) is 48.5. The second kappa shape index (κ2) is 9.58. The minimum Gasteiger partial charge on any atom is -0.465 e. The Bertz CT molecular complexity index is 1370. The van der Waals surface area contributed by atoms with Crippen LogP contribution in [0.15, 0.2) is 55.2 Å². The van der Waals surface area contributed by atoms with E-state index in [1.165, 1.54) is 27.8 Å². The van der Waals surface area contributed by atoms with Gasteiger partial charge in [0, 0.05) is 6.20 Å². The van der Waals surface area contributed by atoms with Crippen molar-refractivity contribution in [2.75, 3.05) is 10.7 Å². The second-order valence-corrected chi connectivity index (χ2v) is 7.63. The topological polar surface area (TPSA) is 156 Å². The number of carbonyl (C=O) groups excluding carboxylic acids is 2. The lowest BCUT2D eigenvalue weighted by molar-refractivity contribution is -0.117. The summed E-state index contributed by atoms with van der Waals surface area (Å²) in [5.41, 5.74) is 4.04. The molecule has 174 valence electrons. The molecule has 0 fully saturated rings. The maximum Gasteiger partial charge on any atom is 0.410 e. The van der Waals surface area contributed by atoms with Crippen molar-refractivity contribution >= 4 is 46.5 Å². The molecule has 0 aliphatic heterocycles. The molecule has 34 heavy (non-hydrogen) atoms. The van der Waals surface area contributed by atoms with Gasteiger partial charge in [0.1, 0.15) is 18.6 Å². The molecule has 12 nitrogen and oxygen atoms in total. The highest BCUT2D eigenvalue weighted by Gasteiger charge is 2.20. The van der Waals surface area contributed by atoms with E-state index in [1.807, 2.05) is 37.3 Å². The molecule has 0 radical (unpaired) electrons. The van der Waals surface area contributed by atoms with Crippen LogP contribution in [-0.4, -0.2) is 47.2 Å². The number of nitrogens with one attached hydrogen (secondary N) is 3. The molecule has 4 N–H and O–H groups in total. The van der Waals surface area contributed by atoms with Gasteiger partial charge in [0.2, 0.25) is 0 Å². The van der Waals surface area contributed by atoms with Crippen LogP contribution < -0.4 is 16.1 Å². The van der Waals surface area contributed by atoms with Crippen molar-refractivity contribution in [3.05, 3.63) is 71.5 Å². The summed E-state index contributed by atoms with van der Waals surface area (Å²) in [5.74, 6) is -0.958. The summed E-state index contributed by atoms with van der Waals surface area (Å²) in [6, 6.07) is 10.6. The molecule has 0 bridgehead atoms. The number of benzene rings is 1. The van der Waals surface area contributed by atoms with Gasteiger partial charge in [-0.1, -0.05) is 41.9 Å². The van der Waals surface area contributed by atoms with Crippen molar-refractivity contribution in [2.24, 2.45) is 0 Å². The van der Waals surface area contributed by atoms with Crippen LogP contribution in [0.2, 0.25) is 5.02 Å². The van der Waals surface area contributed by atoms with Gasteiger partial charge in [-0.3, -0.25) is 25.0 Å². The summed E-state index contributed by atoms with van der Waals surface area (Å²) >= 11 is 6.21. The molecule has 0 saturated heterocycles. The Morgan fingerprint density at radius 1 is 1.12 bits per heavy atom. The van der Waals surface area contributed by atoms with E-state index < -0.39 is 17.9 Å². The highest BCUT2D eigenvalue weighted by Crippen LogP contribution is 2.20. The molecule has 1 atom stereocenters. The third kappa shape index (κ3) is 4.81. The van der Waals surface area contributed by atoms with E-state index in [1.54, 1.807) is 0 Å². The summed E-state index contributed by atoms with van der Waals surface area (Å²) in [6.07, 6.45) is 2.66. The van der Waals surface area contributed by atoms with E-state index in [0.29, 0.717) is 0 Å². The number of fused-ring (bicyclic) bond motifs is 1. The molecule has 0 aliphatic rings. The van der Waals surface area contributed by atoms with Crippen LogP contribution >= 0.6 is 11.6 Å². The van der Waals surface area contributed by atoms with Crippen molar-refractivity contribution in [1.82, 2.24) is 29.5 Å². The van der Waals surface area contributed by atoms with E-state index >= 15 is 0 Å². The smallest absolute Gasteiger partial charge is 0.410 e. The summed E-state index contributed by atoms with van der Waals surface area (Å²) in [7, 11) is 0. The molecule has 13 heteroatoms. The predicted octanol–water partition coefficient (Wildman–Crippen LogP) is 2.63. The normalized spacial score (nSPS) is 11.7. The Morgan fingerprint density at radius 3 is 2.62 bits per heavy atom. The number of carboxylic acid groups (broad SMARTS) is 1. The Balaban J connectivity index is 1.48. The van der Waals surface area contributed by atoms with Crippen LogP contribution in [0, 0.1) is 0 Å². The number of hydrogen-bond acceptors (Lipinski definition) is 6. The third-order valence-electron chi connectivity index (χ3n) is 4.88. The van der Waals surface area contributed by atoms with Gasteiger partial charge in [0.25, 0.3) is 11.8 Å². The van der Waals surface area contributed by atoms with E-state index in [4.69, 9.17) is 16.7 Å². The highest BCUT2D eigenvalue weighted by molar-refractivity contribution is 6.33. The Morgan fingerprint density at radius 2 is 1.88 bits per heavy atom. The quantitative estimate of drug-likeness (QED) is 0.315. The van der Waals surface area contributed by atoms with Gasteiger partial charge in [0.05, 0.1) is 17.4 Å². The van der Waals surface area contributed by atoms with E-state index in [9.17, 15) is 14.4 Å². The molecule has 3 heterocycles. The standard InChI is InChI=1S/C21H19ClN8O4/c1-12(13-5-3-2-4-6-13)26-20(32)17-14(22)7-8-30(17)28-15(31)9-29-11-25-16-18(27-21(33)34)23-10-24-19(16)29/h2-8,10-12H,9H2,1H3,(H,26,32)(H,28,31)(H,33,34)(H,23,24,27)/t12-/m1/s1. The first kappa shape index (κ1) is 22.7. The van der Waals surface area contributed by atoms with Crippen molar-refractivity contribution in [3.8, 4) is 0 Å². The summed E-state index contributed by atoms with van der Waals surface area (Å²) in [5, 5.41) is 14.1. The first-order valence-electron chi connectivity index (χ1n) is 10.0. The number of anilines is 1. The van der Waals surface area contributed by atoms with Crippen LogP contribution in [0.3, 0.4) is 0 Å². The zero-order valence-corrected chi connectivity index (χ0v) is 18.5. The lowest BCUT2D eigenvalue weighted by Crippen LogP contribution is -2.33. The highest BCUT2D eigenvalue weighted by atomic mass is 35.5. The molecule has 3 amide bonds. The molecule has 4 rings (SSSR count). The second-order valence-electron chi connectivity index (χ2n) is 7.22. The number of rotatable bonds is 7. The zero-order chi connectivity index (χ0) is 24.2. The number of imidazole rings is 1. The van der Waals surface area contributed by atoms with Crippen molar-refractivity contribution in [1.29, 1.82) is 0 Å². The lowest BCUT2D eigenvalue weighted by atomic mass is 10.1. The van der Waals surface area contributed by atoms with Crippen molar-refractivity contribution < 1.29 is 19.5 Å². The van der Waals surface area contributed by atoms with Gasteiger partial charge in [-0.25, -0.2) is 19.7 Å². The van der Waals surface area contributed by atoms with Crippen LogP contribution in [0.5, 0.6) is 0 Å². The number of amides is 3. The number of hydrogen-bond donors (Lipinski definition) is 4. The average Bonchev–Trinajstić information content (AvgIpc) is 3.37. The zero-order valence-electron chi connectivity index (χ0n) is 17.8. The van der Waals surface area contributed by atoms with E-state index in [2.05, 4.69) is 31.0 Å². The summed E-state index contributed by atoms with van der Waals surface area (Å²) < 4.78 is 2.66. The summed E-state index contributed by atoms with van der Waals surface area (Å²) in [6.45, 7) is 1.63. The van der Waals surface area contributed by atoms with Gasteiger partial charge < -0.3 is 15.0 Å². The molecule has 0 saturated carbocycles. The molecular formula is C21H19ClN8O4. The van der Waals surface area contributed by atoms with E-state index in [0.717, 1.165) is 11.9 Å². The lowest BCUT2D eigenvalue weighted by Gasteiger charge is -2.16. The predicted molar refractivity (Wildman–Crippen MR) is 123 cm³/mol. The third-order valence-corrected chi connectivity index (χ3v) is 5.19. The van der Waals surface area contributed by atoms with Crippen LogP contribution in [-0.2, 0) is 11.3 Å². The molecule has 0 spiro atoms. The SMILES string of the molecule is C[C@@H](NC(=O)c1c(Cl)ccn1NC(=O)Cn1cnc2c(NC(=O)O)ncnc21)c1ccccc1. The Kier molecular flexibility index (Phi) is 6.41. The minimum atomic E-state index is -1.30. The Labute approximate surface area is 197 Å². The van der Waals surface area contributed by atoms with Crippen molar-refractivity contribution in [3.63, 3.8) is 0 Å². The van der Waals surface area contributed by atoms with Gasteiger partial charge in [0.15, 0.2) is 17.0 Å². The maximum absolute atomic E-state index is 12.9. The molecule has 3 aromatic heterocycles. The maximum atomic E-state index is 12.9. The molecule has 0 aliphatic carbocycles. The van der Waals surface area contributed by atoms with Crippen LogP contribution in [0.1, 0.15) is 29.0 Å². The number of carbonyl (C=O) groups is 3. The van der Waals surface area contributed by atoms with Gasteiger partial charge in [-0.05, 0) is 18.6 Å². The fraction of sp³-hybridized carbons (Fsp3) is 0.143. The fourth-order valence-electron chi connectivity index (χ4n) is 3.32.